The van der Waals surface area contributed by atoms with Crippen LogP contribution in [0.15, 0.2) is 42.7 Å². The number of rotatable bonds is 4. The van der Waals surface area contributed by atoms with E-state index in [1.54, 1.807) is 22.4 Å². The highest BCUT2D eigenvalue weighted by atomic mass is 32.1. The second-order valence-electron chi connectivity index (χ2n) is 6.47. The van der Waals surface area contributed by atoms with Gasteiger partial charge in [-0.3, -0.25) is 9.48 Å². The number of aromatic nitrogens is 3. The summed E-state index contributed by atoms with van der Waals surface area (Å²) in [5.74, 6) is 0.108. The maximum Gasteiger partial charge on any atom is 0.250 e. The molecule has 0 aliphatic carbocycles. The van der Waals surface area contributed by atoms with Crippen LogP contribution < -0.4 is 5.32 Å². The fraction of sp³-hybridized carbons (Fsp3) is 0.389. The molecule has 1 fully saturated rings. The topological polar surface area (TPSA) is 63.1 Å². The van der Waals surface area contributed by atoms with Crippen molar-refractivity contribution in [1.29, 1.82) is 0 Å². The molecule has 1 amide bonds. The van der Waals surface area contributed by atoms with Crippen LogP contribution in [0.2, 0.25) is 0 Å². The van der Waals surface area contributed by atoms with E-state index in [1.807, 2.05) is 42.2 Å². The molecule has 0 spiro atoms. The van der Waals surface area contributed by atoms with Gasteiger partial charge in [0.25, 0.3) is 5.91 Å². The largest absolute Gasteiger partial charge is 0.337 e. The first kappa shape index (κ1) is 16.2. The Balaban J connectivity index is 1.59. The van der Waals surface area contributed by atoms with Gasteiger partial charge in [-0.1, -0.05) is 12.1 Å². The highest BCUT2D eigenvalue weighted by Crippen LogP contribution is 2.30. The van der Waals surface area contributed by atoms with Gasteiger partial charge in [-0.25, -0.2) is 4.98 Å². The van der Waals surface area contributed by atoms with Crippen LogP contribution in [0.1, 0.15) is 17.8 Å². The Morgan fingerprint density at radius 2 is 2.12 bits per heavy atom. The van der Waals surface area contributed by atoms with Crippen LogP contribution in [0.4, 0.5) is 0 Å². The number of thiazole rings is 1. The third-order valence-electron chi connectivity index (χ3n) is 4.83. The molecule has 1 aliphatic heterocycles. The molecule has 1 aliphatic rings. The lowest BCUT2D eigenvalue weighted by Gasteiger charge is -2.39. The molecule has 0 bridgehead atoms. The Kier molecular flexibility index (Phi) is 4.27. The van der Waals surface area contributed by atoms with E-state index in [4.69, 9.17) is 0 Å². The summed E-state index contributed by atoms with van der Waals surface area (Å²) in [7, 11) is 1.86. The van der Waals surface area contributed by atoms with Crippen LogP contribution in [-0.4, -0.2) is 45.7 Å². The lowest BCUT2D eigenvalue weighted by Crippen LogP contribution is -2.54. The summed E-state index contributed by atoms with van der Waals surface area (Å²) in [5, 5.41) is 8.69. The lowest BCUT2D eigenvalue weighted by atomic mass is 9.87. The number of piperidine rings is 1. The summed E-state index contributed by atoms with van der Waals surface area (Å²) >= 11 is 1.65. The summed E-state index contributed by atoms with van der Waals surface area (Å²) in [5.41, 5.74) is 0.396. The van der Waals surface area contributed by atoms with Crippen LogP contribution >= 0.6 is 11.3 Å². The van der Waals surface area contributed by atoms with Crippen molar-refractivity contribution in [2.24, 2.45) is 0 Å². The Hall–Kier alpha value is -2.25. The summed E-state index contributed by atoms with van der Waals surface area (Å²) < 4.78 is 2.99. The van der Waals surface area contributed by atoms with E-state index in [0.717, 1.165) is 41.2 Å². The van der Waals surface area contributed by atoms with Crippen LogP contribution in [0.5, 0.6) is 0 Å². The molecule has 1 saturated heterocycles. The van der Waals surface area contributed by atoms with Gasteiger partial charge in [-0.05, 0) is 44.1 Å². The number of fused-ring (bicyclic) bond motifs is 1. The second-order valence-corrected chi connectivity index (χ2v) is 7.58. The van der Waals surface area contributed by atoms with E-state index < -0.39 is 5.54 Å². The molecule has 1 N–H and O–H groups in total. The van der Waals surface area contributed by atoms with Gasteiger partial charge >= 0.3 is 0 Å². The molecule has 3 aromatic rings. The molecular weight excluding hydrogens is 334 g/mol. The van der Waals surface area contributed by atoms with Gasteiger partial charge in [0.15, 0.2) is 0 Å². The van der Waals surface area contributed by atoms with Crippen molar-refractivity contribution in [3.05, 3.63) is 47.7 Å². The Labute approximate surface area is 150 Å². The molecule has 6 nitrogen and oxygen atoms in total. The maximum atomic E-state index is 13.4. The van der Waals surface area contributed by atoms with E-state index in [1.165, 1.54) is 0 Å². The number of amides is 1. The van der Waals surface area contributed by atoms with Crippen LogP contribution in [0, 0.1) is 0 Å². The molecule has 0 radical (unpaired) electrons. The monoisotopic (exact) mass is 355 g/mol. The molecule has 7 heteroatoms. The average molecular weight is 355 g/mol. The summed E-state index contributed by atoms with van der Waals surface area (Å²) in [6.45, 7) is 2.16. The molecule has 0 atom stereocenters. The van der Waals surface area contributed by atoms with Gasteiger partial charge < -0.3 is 10.2 Å². The number of nitrogens with zero attached hydrogens (tertiary/aromatic N) is 4. The van der Waals surface area contributed by atoms with Crippen molar-refractivity contribution in [2.75, 3.05) is 20.1 Å². The third kappa shape index (κ3) is 2.94. The van der Waals surface area contributed by atoms with Crippen LogP contribution in [0.25, 0.3) is 10.2 Å². The van der Waals surface area contributed by atoms with E-state index >= 15 is 0 Å². The Bertz CT molecular complexity index is 834. The lowest BCUT2D eigenvalue weighted by molar-refractivity contribution is -0.142. The van der Waals surface area contributed by atoms with Crippen LogP contribution in [0.3, 0.4) is 0 Å². The van der Waals surface area contributed by atoms with E-state index in [0.29, 0.717) is 6.54 Å². The minimum Gasteiger partial charge on any atom is -0.337 e. The summed E-state index contributed by atoms with van der Waals surface area (Å²) in [6, 6.07) is 9.96. The highest BCUT2D eigenvalue weighted by molar-refractivity contribution is 7.18. The maximum absolute atomic E-state index is 13.4. The van der Waals surface area contributed by atoms with E-state index in [2.05, 4.69) is 21.5 Å². The summed E-state index contributed by atoms with van der Waals surface area (Å²) in [6.07, 6.45) is 5.13. The third-order valence-corrected chi connectivity index (χ3v) is 5.85. The van der Waals surface area contributed by atoms with Crippen molar-refractivity contribution < 1.29 is 4.79 Å². The Morgan fingerprint density at radius 3 is 2.84 bits per heavy atom. The molecule has 130 valence electrons. The van der Waals surface area contributed by atoms with Crippen molar-refractivity contribution in [3.63, 3.8) is 0 Å². The number of likely N-dealkylation sites (N-methyl/N-ethyl adjacent to an activating group) is 1. The van der Waals surface area contributed by atoms with Crippen LogP contribution in [-0.2, 0) is 16.9 Å². The van der Waals surface area contributed by atoms with Gasteiger partial charge in [0.05, 0.1) is 16.8 Å². The first-order chi connectivity index (χ1) is 12.2. The molecule has 3 heterocycles. The van der Waals surface area contributed by atoms with Gasteiger partial charge in [0, 0.05) is 19.4 Å². The predicted molar refractivity (Wildman–Crippen MR) is 98.4 cm³/mol. The van der Waals surface area contributed by atoms with E-state index in [-0.39, 0.29) is 5.91 Å². The molecule has 1 aromatic carbocycles. The smallest absolute Gasteiger partial charge is 0.250 e. The van der Waals surface area contributed by atoms with Gasteiger partial charge in [0.1, 0.15) is 10.5 Å². The number of hydrogen-bond donors (Lipinski definition) is 1. The summed E-state index contributed by atoms with van der Waals surface area (Å²) in [4.78, 5) is 19.8. The van der Waals surface area contributed by atoms with Gasteiger partial charge in [-0.2, -0.15) is 5.10 Å². The number of carbonyl (C=O) groups is 1. The number of carbonyl (C=O) groups excluding carboxylic acids is 1. The molecule has 4 rings (SSSR count). The quantitative estimate of drug-likeness (QED) is 0.780. The Morgan fingerprint density at radius 1 is 1.32 bits per heavy atom. The van der Waals surface area contributed by atoms with Crippen molar-refractivity contribution in [2.45, 2.75) is 24.9 Å². The minimum atomic E-state index is -0.597. The van der Waals surface area contributed by atoms with Gasteiger partial charge in [0.2, 0.25) is 0 Å². The fourth-order valence-electron chi connectivity index (χ4n) is 3.52. The molecular formula is C18H21N5OS. The predicted octanol–water partition coefficient (Wildman–Crippen LogP) is 2.23. The zero-order chi connectivity index (χ0) is 17.3. The first-order valence-corrected chi connectivity index (χ1v) is 9.31. The molecule has 0 unspecified atom stereocenters. The minimum absolute atomic E-state index is 0.108. The average Bonchev–Trinajstić information content (AvgIpc) is 3.31. The molecule has 25 heavy (non-hydrogen) atoms. The standard InChI is InChI=1S/C18H21N5OS/c1-22(13-16-21-14-5-2-3-6-15(14)25-16)17(24)18(7-10-19-11-8-18)23-12-4-9-20-23/h2-6,9,12,19H,7-8,10-11,13H2,1H3. The first-order valence-electron chi connectivity index (χ1n) is 8.50. The van der Waals surface area contributed by atoms with Gasteiger partial charge in [-0.15, -0.1) is 11.3 Å². The normalized spacial score (nSPS) is 16.8. The number of benzene rings is 1. The SMILES string of the molecule is CN(Cc1nc2ccccc2s1)C(=O)C1(n2cccn2)CCNCC1. The zero-order valence-corrected chi connectivity index (χ0v) is 15.0. The molecule has 0 saturated carbocycles. The second kappa shape index (κ2) is 6.57. The number of nitrogens with one attached hydrogen (secondary N) is 1. The fourth-order valence-corrected chi connectivity index (χ4v) is 4.54. The van der Waals surface area contributed by atoms with Crippen molar-refractivity contribution >= 4 is 27.5 Å². The van der Waals surface area contributed by atoms with Crippen molar-refractivity contribution in [1.82, 2.24) is 25.0 Å². The van der Waals surface area contributed by atoms with Crippen molar-refractivity contribution in [3.8, 4) is 0 Å². The molecule has 2 aromatic heterocycles. The number of hydrogen-bond acceptors (Lipinski definition) is 5. The highest BCUT2D eigenvalue weighted by Gasteiger charge is 2.43. The van der Waals surface area contributed by atoms with E-state index in [9.17, 15) is 4.79 Å². The number of para-hydroxylation sites is 1. The zero-order valence-electron chi connectivity index (χ0n) is 14.2.